The molecule has 0 N–H and O–H groups in total. The second kappa shape index (κ2) is 4.27. The summed E-state index contributed by atoms with van der Waals surface area (Å²) in [6, 6.07) is 0. The first-order valence-corrected chi connectivity index (χ1v) is 7.21. The fourth-order valence-corrected chi connectivity index (χ4v) is 2.65. The summed E-state index contributed by atoms with van der Waals surface area (Å²) in [5.74, 6) is -0.464. The van der Waals surface area contributed by atoms with E-state index in [1.165, 1.54) is 0 Å². The molecule has 1 saturated heterocycles. The summed E-state index contributed by atoms with van der Waals surface area (Å²) in [6.45, 7) is 3.49. The number of rotatable bonds is 3. The lowest BCUT2D eigenvalue weighted by Crippen LogP contribution is -2.35. The first-order chi connectivity index (χ1) is 6.68. The van der Waals surface area contributed by atoms with Crippen LogP contribution in [0.5, 0.6) is 0 Å². The summed E-state index contributed by atoms with van der Waals surface area (Å²) in [5.41, 5.74) is 0. The lowest BCUT2D eigenvalue weighted by molar-refractivity contribution is -0.0963. The van der Waals surface area contributed by atoms with Crippen molar-refractivity contribution >= 4 is 26.0 Å². The van der Waals surface area contributed by atoms with Gasteiger partial charge in [0, 0.05) is 5.92 Å². The maximum atomic E-state index is 14.0. The number of halogens is 2. The van der Waals surface area contributed by atoms with E-state index in [0.717, 1.165) is 6.26 Å². The third-order valence-corrected chi connectivity index (χ3v) is 4.06. The second-order valence-electron chi connectivity index (χ2n) is 3.68. The summed E-state index contributed by atoms with van der Waals surface area (Å²) < 4.78 is 43.6. The Morgan fingerprint density at radius 3 is 2.47 bits per heavy atom. The molecule has 1 unspecified atom stereocenters. The van der Waals surface area contributed by atoms with Gasteiger partial charge in [0.05, 0.1) is 12.4 Å². The molecule has 15 heavy (non-hydrogen) atoms. The highest BCUT2D eigenvalue weighted by molar-refractivity contribution is 9.10. The molecule has 1 aliphatic heterocycles. The molecular formula is C8H14BrFO4S. The number of alkyl halides is 2. The van der Waals surface area contributed by atoms with Crippen LogP contribution in [0.15, 0.2) is 0 Å². The van der Waals surface area contributed by atoms with Crippen molar-refractivity contribution in [2.75, 3.05) is 6.26 Å². The SMILES string of the molecule is CC[C@H]1OC(OS(C)(=O)=O)[C@@](F)(Br)[C@@H]1C. The second-order valence-corrected chi connectivity index (χ2v) is 6.49. The van der Waals surface area contributed by atoms with Crippen molar-refractivity contribution in [2.45, 2.75) is 37.2 Å². The Labute approximate surface area is 97.4 Å². The molecule has 0 bridgehead atoms. The highest BCUT2D eigenvalue weighted by Crippen LogP contribution is 2.46. The minimum absolute atomic E-state index is 0.346. The molecule has 0 radical (unpaired) electrons. The van der Waals surface area contributed by atoms with Crippen LogP contribution in [0, 0.1) is 5.92 Å². The number of hydrogen-bond donors (Lipinski definition) is 0. The maximum Gasteiger partial charge on any atom is 0.267 e. The van der Waals surface area contributed by atoms with Gasteiger partial charge in [-0.3, -0.25) is 0 Å². The Morgan fingerprint density at radius 2 is 2.13 bits per heavy atom. The van der Waals surface area contributed by atoms with Crippen LogP contribution in [0.4, 0.5) is 4.39 Å². The Hall–Kier alpha value is 0.280. The van der Waals surface area contributed by atoms with E-state index in [9.17, 15) is 12.8 Å². The lowest BCUT2D eigenvalue weighted by Gasteiger charge is -2.21. The predicted octanol–water partition coefficient (Wildman–Crippen LogP) is 1.79. The largest absolute Gasteiger partial charge is 0.344 e. The van der Waals surface area contributed by atoms with Gasteiger partial charge in [0.15, 0.2) is 0 Å². The van der Waals surface area contributed by atoms with E-state index >= 15 is 0 Å². The maximum absolute atomic E-state index is 14.0. The quantitative estimate of drug-likeness (QED) is 0.589. The molecule has 0 spiro atoms. The van der Waals surface area contributed by atoms with Gasteiger partial charge in [0.2, 0.25) is 10.9 Å². The molecule has 1 rings (SSSR count). The molecule has 0 aromatic heterocycles. The fourth-order valence-electron chi connectivity index (χ4n) is 1.53. The molecule has 0 saturated carbocycles. The van der Waals surface area contributed by atoms with Gasteiger partial charge >= 0.3 is 0 Å². The minimum atomic E-state index is -3.73. The van der Waals surface area contributed by atoms with Gasteiger partial charge in [0.25, 0.3) is 10.1 Å². The molecule has 0 aromatic rings. The Morgan fingerprint density at radius 1 is 1.60 bits per heavy atom. The van der Waals surface area contributed by atoms with E-state index in [4.69, 9.17) is 4.74 Å². The van der Waals surface area contributed by atoms with Crippen LogP contribution in [-0.4, -0.2) is 31.6 Å². The van der Waals surface area contributed by atoms with Crippen molar-refractivity contribution in [1.29, 1.82) is 0 Å². The van der Waals surface area contributed by atoms with Crippen LogP contribution >= 0.6 is 15.9 Å². The first kappa shape index (κ1) is 13.3. The molecular weight excluding hydrogens is 291 g/mol. The number of hydrogen-bond acceptors (Lipinski definition) is 4. The van der Waals surface area contributed by atoms with E-state index in [-0.39, 0.29) is 6.10 Å². The smallest absolute Gasteiger partial charge is 0.267 e. The molecule has 1 aliphatic rings. The zero-order valence-corrected chi connectivity index (χ0v) is 11.1. The number of ether oxygens (including phenoxy) is 1. The first-order valence-electron chi connectivity index (χ1n) is 4.60. The Bertz CT molecular complexity index is 330. The molecule has 1 fully saturated rings. The van der Waals surface area contributed by atoms with Crippen LogP contribution in [0.2, 0.25) is 0 Å². The van der Waals surface area contributed by atoms with Crippen LogP contribution in [-0.2, 0) is 19.0 Å². The van der Waals surface area contributed by atoms with Crippen molar-refractivity contribution in [3.8, 4) is 0 Å². The van der Waals surface area contributed by atoms with Gasteiger partial charge < -0.3 is 4.74 Å². The highest BCUT2D eigenvalue weighted by atomic mass is 79.9. The standard InChI is InChI=1S/C8H14BrFO4S/c1-4-6-5(2)8(9,10)7(13-6)14-15(3,11)12/h5-7H,4H2,1-3H3/t5-,6-,7?,8-/m1/s1. The molecule has 1 heterocycles. The van der Waals surface area contributed by atoms with E-state index in [0.29, 0.717) is 6.42 Å². The molecule has 0 aliphatic carbocycles. The van der Waals surface area contributed by atoms with E-state index in [1.54, 1.807) is 6.92 Å². The van der Waals surface area contributed by atoms with Crippen molar-refractivity contribution in [3.05, 3.63) is 0 Å². The third-order valence-electron chi connectivity index (χ3n) is 2.44. The van der Waals surface area contributed by atoms with Gasteiger partial charge in [-0.1, -0.05) is 13.8 Å². The molecule has 4 nitrogen and oxygen atoms in total. The average molecular weight is 305 g/mol. The molecule has 0 aromatic carbocycles. The summed E-state index contributed by atoms with van der Waals surface area (Å²) in [4.78, 5) is 0. The zero-order valence-electron chi connectivity index (χ0n) is 8.74. The van der Waals surface area contributed by atoms with Crippen LogP contribution in [0.3, 0.4) is 0 Å². The van der Waals surface area contributed by atoms with Gasteiger partial charge in [-0.15, -0.1) is 0 Å². The van der Waals surface area contributed by atoms with Crippen LogP contribution in [0.1, 0.15) is 20.3 Å². The Balaban J connectivity index is 2.84. The Kier molecular flexibility index (Phi) is 3.80. The summed E-state index contributed by atoms with van der Waals surface area (Å²) in [6.07, 6.45) is -0.292. The van der Waals surface area contributed by atoms with Crippen LogP contribution in [0.25, 0.3) is 0 Å². The van der Waals surface area contributed by atoms with Gasteiger partial charge in [0.1, 0.15) is 0 Å². The lowest BCUT2D eigenvalue weighted by atomic mass is 10.0. The summed E-state index contributed by atoms with van der Waals surface area (Å²) in [5, 5.41) is 0. The zero-order chi connectivity index (χ0) is 11.9. The van der Waals surface area contributed by atoms with Gasteiger partial charge in [-0.2, -0.15) is 8.42 Å². The van der Waals surface area contributed by atoms with E-state index in [1.807, 2.05) is 6.92 Å². The van der Waals surface area contributed by atoms with Crippen molar-refractivity contribution in [1.82, 2.24) is 0 Å². The fraction of sp³-hybridized carbons (Fsp3) is 1.00. The average Bonchev–Trinajstić information content (AvgIpc) is 2.26. The minimum Gasteiger partial charge on any atom is -0.344 e. The van der Waals surface area contributed by atoms with Crippen molar-refractivity contribution in [3.63, 3.8) is 0 Å². The molecule has 90 valence electrons. The van der Waals surface area contributed by atoms with E-state index < -0.39 is 26.9 Å². The molecule has 0 amide bonds. The van der Waals surface area contributed by atoms with Crippen molar-refractivity contribution in [2.24, 2.45) is 5.92 Å². The summed E-state index contributed by atoms with van der Waals surface area (Å²) >= 11 is 2.83. The monoisotopic (exact) mass is 304 g/mol. The van der Waals surface area contributed by atoms with Crippen LogP contribution < -0.4 is 0 Å². The topological polar surface area (TPSA) is 52.6 Å². The molecule has 4 atom stereocenters. The summed E-state index contributed by atoms with van der Waals surface area (Å²) in [7, 11) is -3.73. The van der Waals surface area contributed by atoms with Gasteiger partial charge in [-0.05, 0) is 22.4 Å². The normalized spacial score (nSPS) is 42.1. The predicted molar refractivity (Wildman–Crippen MR) is 56.8 cm³/mol. The van der Waals surface area contributed by atoms with E-state index in [2.05, 4.69) is 20.1 Å². The highest BCUT2D eigenvalue weighted by Gasteiger charge is 2.55. The van der Waals surface area contributed by atoms with Crippen molar-refractivity contribution < 1.29 is 21.7 Å². The third kappa shape index (κ3) is 2.89. The van der Waals surface area contributed by atoms with Gasteiger partial charge in [-0.25, -0.2) is 8.57 Å². The molecule has 7 heteroatoms.